The average molecular weight is 349 g/mol. The molecule has 0 radical (unpaired) electrons. The van der Waals surface area contributed by atoms with Crippen LogP contribution in [0.15, 0.2) is 60.2 Å². The third kappa shape index (κ3) is 4.96. The Kier molecular flexibility index (Phi) is 6.08. The van der Waals surface area contributed by atoms with Crippen LogP contribution in [0.4, 0.5) is 5.69 Å². The van der Waals surface area contributed by atoms with Crippen molar-refractivity contribution in [2.45, 2.75) is 6.92 Å². The van der Waals surface area contributed by atoms with E-state index in [9.17, 15) is 4.79 Å². The summed E-state index contributed by atoms with van der Waals surface area (Å²) >= 11 is 0. The van der Waals surface area contributed by atoms with Crippen LogP contribution in [0.1, 0.15) is 22.8 Å². The molecule has 0 bridgehead atoms. The molecule has 0 saturated carbocycles. The number of carbonyl (C=O) groups excluding carboxylic acids is 1. The first kappa shape index (κ1) is 18.2. The summed E-state index contributed by atoms with van der Waals surface area (Å²) in [5.74, 6) is 0.129. The Bertz CT molecular complexity index is 745. The maximum Gasteiger partial charge on any atom is 0.253 e. The molecule has 3 rings (SSSR count). The first-order chi connectivity index (χ1) is 12.6. The standard InChI is InChI=1S/C22H27N3O/c1-18(16-19-6-4-3-5-7-19)17-23-21-10-8-20(9-11-21)22(26)25-14-12-24(2)13-15-25/h3-11,16,23H,12-15,17H2,1-2H3/b18-16+. The van der Waals surface area contributed by atoms with Crippen LogP contribution in [0, 0.1) is 0 Å². The average Bonchev–Trinajstić information content (AvgIpc) is 2.68. The van der Waals surface area contributed by atoms with Gasteiger partial charge in [0, 0.05) is 44.0 Å². The van der Waals surface area contributed by atoms with Crippen molar-refractivity contribution in [2.24, 2.45) is 0 Å². The largest absolute Gasteiger partial charge is 0.381 e. The predicted octanol–water partition coefficient (Wildman–Crippen LogP) is 3.59. The summed E-state index contributed by atoms with van der Waals surface area (Å²) in [5.41, 5.74) is 4.26. The quantitative estimate of drug-likeness (QED) is 0.896. The summed E-state index contributed by atoms with van der Waals surface area (Å²) < 4.78 is 0. The van der Waals surface area contributed by atoms with E-state index >= 15 is 0 Å². The van der Waals surface area contributed by atoms with Crippen LogP contribution in [0.2, 0.25) is 0 Å². The van der Waals surface area contributed by atoms with Crippen LogP contribution in [-0.4, -0.2) is 55.5 Å². The number of anilines is 1. The van der Waals surface area contributed by atoms with Crippen molar-refractivity contribution in [3.8, 4) is 0 Å². The van der Waals surface area contributed by atoms with Gasteiger partial charge in [0.2, 0.25) is 0 Å². The molecule has 2 aromatic rings. The van der Waals surface area contributed by atoms with Crippen molar-refractivity contribution in [2.75, 3.05) is 45.1 Å². The first-order valence-electron chi connectivity index (χ1n) is 9.16. The van der Waals surface area contributed by atoms with Gasteiger partial charge >= 0.3 is 0 Å². The van der Waals surface area contributed by atoms with Crippen LogP contribution < -0.4 is 5.32 Å². The number of nitrogens with one attached hydrogen (secondary N) is 1. The minimum atomic E-state index is 0.129. The lowest BCUT2D eigenvalue weighted by Crippen LogP contribution is -2.47. The smallest absolute Gasteiger partial charge is 0.253 e. The first-order valence-corrected chi connectivity index (χ1v) is 9.16. The zero-order valence-electron chi connectivity index (χ0n) is 15.6. The topological polar surface area (TPSA) is 35.6 Å². The van der Waals surface area contributed by atoms with E-state index in [1.807, 2.05) is 47.4 Å². The zero-order valence-corrected chi connectivity index (χ0v) is 15.6. The third-order valence-corrected chi connectivity index (χ3v) is 4.71. The molecule has 1 fully saturated rings. The van der Waals surface area contributed by atoms with E-state index < -0.39 is 0 Å². The molecule has 0 aliphatic carbocycles. The Morgan fingerprint density at radius 2 is 1.65 bits per heavy atom. The molecular weight excluding hydrogens is 322 g/mol. The van der Waals surface area contributed by atoms with E-state index in [0.29, 0.717) is 0 Å². The second-order valence-electron chi connectivity index (χ2n) is 6.93. The summed E-state index contributed by atoms with van der Waals surface area (Å²) in [6.07, 6.45) is 2.18. The van der Waals surface area contributed by atoms with Gasteiger partial charge in [-0.2, -0.15) is 0 Å². The summed E-state index contributed by atoms with van der Waals surface area (Å²) in [6, 6.07) is 18.1. The van der Waals surface area contributed by atoms with Crippen molar-refractivity contribution < 1.29 is 4.79 Å². The molecule has 1 amide bonds. The number of likely N-dealkylation sites (N-methyl/N-ethyl adjacent to an activating group) is 1. The molecule has 2 aromatic carbocycles. The van der Waals surface area contributed by atoms with Crippen molar-refractivity contribution in [1.82, 2.24) is 9.80 Å². The molecular formula is C22H27N3O. The SMILES string of the molecule is C/C(=C\c1ccccc1)CNc1ccc(C(=O)N2CCN(C)CC2)cc1. The molecule has 1 N–H and O–H groups in total. The van der Waals surface area contributed by atoms with Gasteiger partial charge in [0.1, 0.15) is 0 Å². The van der Waals surface area contributed by atoms with Gasteiger partial charge < -0.3 is 15.1 Å². The Morgan fingerprint density at radius 1 is 1.00 bits per heavy atom. The highest BCUT2D eigenvalue weighted by Gasteiger charge is 2.20. The highest BCUT2D eigenvalue weighted by Crippen LogP contribution is 2.14. The highest BCUT2D eigenvalue weighted by atomic mass is 16.2. The second kappa shape index (κ2) is 8.68. The Morgan fingerprint density at radius 3 is 2.31 bits per heavy atom. The van der Waals surface area contributed by atoms with Crippen LogP contribution in [-0.2, 0) is 0 Å². The number of nitrogens with zero attached hydrogens (tertiary/aromatic N) is 2. The van der Waals surface area contributed by atoms with Gasteiger partial charge in [-0.1, -0.05) is 42.0 Å². The molecule has 1 saturated heterocycles. The Hall–Kier alpha value is -2.59. The van der Waals surface area contributed by atoms with Crippen LogP contribution in [0.5, 0.6) is 0 Å². The fourth-order valence-corrected chi connectivity index (χ4v) is 3.05. The van der Waals surface area contributed by atoms with Crippen LogP contribution >= 0.6 is 0 Å². The summed E-state index contributed by atoms with van der Waals surface area (Å²) in [5, 5.41) is 3.42. The van der Waals surface area contributed by atoms with Gasteiger partial charge in [-0.25, -0.2) is 0 Å². The fourth-order valence-electron chi connectivity index (χ4n) is 3.05. The number of carbonyl (C=O) groups is 1. The number of rotatable bonds is 5. The van der Waals surface area contributed by atoms with E-state index in [1.165, 1.54) is 11.1 Å². The van der Waals surface area contributed by atoms with Crippen molar-refractivity contribution in [3.63, 3.8) is 0 Å². The number of benzene rings is 2. The van der Waals surface area contributed by atoms with Crippen LogP contribution in [0.25, 0.3) is 6.08 Å². The van der Waals surface area contributed by atoms with Crippen molar-refractivity contribution in [3.05, 3.63) is 71.3 Å². The summed E-state index contributed by atoms with van der Waals surface area (Å²) in [7, 11) is 2.09. The molecule has 26 heavy (non-hydrogen) atoms. The number of hydrogen-bond acceptors (Lipinski definition) is 3. The Labute approximate surface area is 156 Å². The van der Waals surface area contributed by atoms with E-state index in [-0.39, 0.29) is 5.91 Å². The lowest BCUT2D eigenvalue weighted by atomic mass is 10.1. The van der Waals surface area contributed by atoms with Gasteiger partial charge in [0.05, 0.1) is 0 Å². The van der Waals surface area contributed by atoms with E-state index in [2.05, 4.69) is 42.4 Å². The molecule has 136 valence electrons. The lowest BCUT2D eigenvalue weighted by molar-refractivity contribution is 0.0664. The Balaban J connectivity index is 1.54. The second-order valence-corrected chi connectivity index (χ2v) is 6.93. The van der Waals surface area contributed by atoms with Gasteiger partial charge in [-0.15, -0.1) is 0 Å². The molecule has 1 aliphatic rings. The van der Waals surface area contributed by atoms with E-state index in [4.69, 9.17) is 0 Å². The van der Waals surface area contributed by atoms with E-state index in [1.54, 1.807) is 0 Å². The van der Waals surface area contributed by atoms with E-state index in [0.717, 1.165) is 44.0 Å². The fraction of sp³-hybridized carbons (Fsp3) is 0.318. The van der Waals surface area contributed by atoms with Gasteiger partial charge in [-0.05, 0) is 43.8 Å². The molecule has 0 unspecified atom stereocenters. The van der Waals surface area contributed by atoms with Crippen molar-refractivity contribution >= 4 is 17.7 Å². The highest BCUT2D eigenvalue weighted by molar-refractivity contribution is 5.94. The maximum absolute atomic E-state index is 12.6. The van der Waals surface area contributed by atoms with Crippen LogP contribution in [0.3, 0.4) is 0 Å². The zero-order chi connectivity index (χ0) is 18.4. The number of piperazine rings is 1. The van der Waals surface area contributed by atoms with Gasteiger partial charge in [0.15, 0.2) is 0 Å². The predicted molar refractivity (Wildman–Crippen MR) is 108 cm³/mol. The summed E-state index contributed by atoms with van der Waals surface area (Å²) in [6.45, 7) is 6.39. The van der Waals surface area contributed by atoms with Gasteiger partial charge in [0.25, 0.3) is 5.91 Å². The molecule has 1 heterocycles. The maximum atomic E-state index is 12.6. The minimum absolute atomic E-state index is 0.129. The number of amides is 1. The monoisotopic (exact) mass is 349 g/mol. The van der Waals surface area contributed by atoms with Gasteiger partial charge in [-0.3, -0.25) is 4.79 Å². The molecule has 0 spiro atoms. The molecule has 0 aromatic heterocycles. The molecule has 4 nitrogen and oxygen atoms in total. The lowest BCUT2D eigenvalue weighted by Gasteiger charge is -2.32. The summed E-state index contributed by atoms with van der Waals surface area (Å²) in [4.78, 5) is 16.8. The minimum Gasteiger partial charge on any atom is -0.381 e. The van der Waals surface area contributed by atoms with Crippen molar-refractivity contribution in [1.29, 1.82) is 0 Å². The molecule has 0 atom stereocenters. The molecule has 1 aliphatic heterocycles. The third-order valence-electron chi connectivity index (χ3n) is 4.71. The normalized spacial score (nSPS) is 15.8. The molecule has 4 heteroatoms. The number of hydrogen-bond donors (Lipinski definition) is 1.